The summed E-state index contributed by atoms with van der Waals surface area (Å²) in [5.74, 6) is -0.191. The van der Waals surface area contributed by atoms with Gasteiger partial charge in [0.15, 0.2) is 0 Å². The number of aromatic nitrogens is 3. The number of hydrogen-bond acceptors (Lipinski definition) is 4. The Labute approximate surface area is 162 Å². The minimum Gasteiger partial charge on any atom is -0.324 e. The molecule has 2 aromatic heterocycles. The number of nitrogens with one attached hydrogen (secondary N) is 1. The standard InChI is InChI=1S/C21H24N4O3/c1-4-5-6-14-7-9-15(10-8-14)11-18(26)23-16-12-17-19(22-13-16)24(2)21(28)25(3)20(17)27/h7-10,12-13H,4-6,11H2,1-3H3,(H,23,26). The van der Waals surface area contributed by atoms with Crippen LogP contribution >= 0.6 is 0 Å². The second-order valence-corrected chi connectivity index (χ2v) is 6.95. The van der Waals surface area contributed by atoms with Crippen molar-refractivity contribution in [3.63, 3.8) is 0 Å². The van der Waals surface area contributed by atoms with Crippen molar-refractivity contribution in [3.05, 3.63) is 68.5 Å². The van der Waals surface area contributed by atoms with Gasteiger partial charge in [-0.05, 0) is 30.0 Å². The summed E-state index contributed by atoms with van der Waals surface area (Å²) in [4.78, 5) is 40.9. The van der Waals surface area contributed by atoms with Gasteiger partial charge in [0.2, 0.25) is 5.91 Å². The predicted octanol–water partition coefficient (Wildman–Crippen LogP) is 2.16. The maximum absolute atomic E-state index is 12.4. The molecule has 0 aliphatic rings. The van der Waals surface area contributed by atoms with Gasteiger partial charge >= 0.3 is 5.69 Å². The second-order valence-electron chi connectivity index (χ2n) is 6.95. The third-order valence-electron chi connectivity index (χ3n) is 4.78. The molecular formula is C21H24N4O3. The van der Waals surface area contributed by atoms with E-state index in [1.807, 2.05) is 12.1 Å². The monoisotopic (exact) mass is 380 g/mol. The van der Waals surface area contributed by atoms with Crippen molar-refractivity contribution in [3.8, 4) is 0 Å². The smallest absolute Gasteiger partial charge is 0.324 e. The maximum Gasteiger partial charge on any atom is 0.332 e. The Morgan fingerprint density at radius 2 is 1.75 bits per heavy atom. The van der Waals surface area contributed by atoms with E-state index in [9.17, 15) is 14.4 Å². The van der Waals surface area contributed by atoms with Crippen LogP contribution in [-0.4, -0.2) is 20.0 Å². The van der Waals surface area contributed by atoms with Crippen molar-refractivity contribution in [1.29, 1.82) is 0 Å². The number of unbranched alkanes of at least 4 members (excludes halogenated alkanes) is 1. The topological polar surface area (TPSA) is 86.0 Å². The number of nitrogens with zero attached hydrogens (tertiary/aromatic N) is 3. The van der Waals surface area contributed by atoms with E-state index in [0.29, 0.717) is 5.69 Å². The van der Waals surface area contributed by atoms with Gasteiger partial charge in [0.25, 0.3) is 5.56 Å². The summed E-state index contributed by atoms with van der Waals surface area (Å²) in [6.45, 7) is 2.16. The van der Waals surface area contributed by atoms with Crippen LogP contribution in [0.1, 0.15) is 30.9 Å². The van der Waals surface area contributed by atoms with Crippen LogP contribution in [0.15, 0.2) is 46.1 Å². The van der Waals surface area contributed by atoms with E-state index in [0.717, 1.165) is 29.4 Å². The van der Waals surface area contributed by atoms with Gasteiger partial charge in [-0.2, -0.15) is 0 Å². The molecule has 0 spiro atoms. The molecule has 0 atom stereocenters. The average Bonchev–Trinajstić information content (AvgIpc) is 2.70. The molecule has 3 aromatic rings. The van der Waals surface area contributed by atoms with E-state index in [-0.39, 0.29) is 23.4 Å². The number of benzene rings is 1. The van der Waals surface area contributed by atoms with Crippen LogP contribution < -0.4 is 16.6 Å². The summed E-state index contributed by atoms with van der Waals surface area (Å²) in [5.41, 5.74) is 2.02. The molecule has 3 rings (SSSR count). The van der Waals surface area contributed by atoms with Gasteiger partial charge in [0.1, 0.15) is 5.65 Å². The lowest BCUT2D eigenvalue weighted by Crippen LogP contribution is -2.37. The Balaban J connectivity index is 1.76. The highest BCUT2D eigenvalue weighted by Crippen LogP contribution is 2.13. The largest absolute Gasteiger partial charge is 0.332 e. The fraction of sp³-hybridized carbons (Fsp3) is 0.333. The Bertz CT molecular complexity index is 1130. The molecule has 28 heavy (non-hydrogen) atoms. The zero-order valence-corrected chi connectivity index (χ0v) is 16.4. The summed E-state index contributed by atoms with van der Waals surface area (Å²) in [6.07, 6.45) is 5.04. The molecule has 0 saturated carbocycles. The summed E-state index contributed by atoms with van der Waals surface area (Å²) in [5, 5.41) is 3.06. The fourth-order valence-electron chi connectivity index (χ4n) is 3.13. The first-order chi connectivity index (χ1) is 13.4. The van der Waals surface area contributed by atoms with Crippen LogP contribution in [0.3, 0.4) is 0 Å². The van der Waals surface area contributed by atoms with Crippen molar-refractivity contribution in [1.82, 2.24) is 14.1 Å². The molecular weight excluding hydrogens is 356 g/mol. The van der Waals surface area contributed by atoms with Crippen LogP contribution in [-0.2, 0) is 31.7 Å². The van der Waals surface area contributed by atoms with Gasteiger partial charge in [-0.25, -0.2) is 9.78 Å². The number of rotatable bonds is 6. The van der Waals surface area contributed by atoms with Crippen molar-refractivity contribution in [2.45, 2.75) is 32.6 Å². The predicted molar refractivity (Wildman–Crippen MR) is 110 cm³/mol. The van der Waals surface area contributed by atoms with E-state index in [2.05, 4.69) is 29.4 Å². The molecule has 0 aliphatic carbocycles. The van der Waals surface area contributed by atoms with Crippen molar-refractivity contribution in [2.75, 3.05) is 5.32 Å². The molecule has 2 heterocycles. The van der Waals surface area contributed by atoms with Crippen LogP contribution in [0, 0.1) is 0 Å². The molecule has 0 unspecified atom stereocenters. The molecule has 1 aromatic carbocycles. The third kappa shape index (κ3) is 4.03. The first-order valence-corrected chi connectivity index (χ1v) is 9.34. The second kappa shape index (κ2) is 8.21. The van der Waals surface area contributed by atoms with Crippen molar-refractivity contribution < 1.29 is 4.79 Å². The zero-order chi connectivity index (χ0) is 20.3. The summed E-state index contributed by atoms with van der Waals surface area (Å²) in [6, 6.07) is 9.60. The number of amides is 1. The van der Waals surface area contributed by atoms with E-state index in [4.69, 9.17) is 0 Å². The molecule has 0 bridgehead atoms. The lowest BCUT2D eigenvalue weighted by atomic mass is 10.0. The highest BCUT2D eigenvalue weighted by molar-refractivity contribution is 5.93. The van der Waals surface area contributed by atoms with E-state index in [1.165, 1.54) is 23.4 Å². The average molecular weight is 380 g/mol. The molecule has 0 aliphatic heterocycles. The van der Waals surface area contributed by atoms with Gasteiger partial charge < -0.3 is 5.32 Å². The molecule has 7 nitrogen and oxygen atoms in total. The molecule has 7 heteroatoms. The molecule has 1 amide bonds. The molecule has 0 saturated heterocycles. The van der Waals surface area contributed by atoms with Gasteiger partial charge in [0, 0.05) is 14.1 Å². The van der Waals surface area contributed by atoms with E-state index >= 15 is 0 Å². The minimum absolute atomic E-state index is 0.191. The van der Waals surface area contributed by atoms with Crippen LogP contribution in [0.4, 0.5) is 5.69 Å². The van der Waals surface area contributed by atoms with Gasteiger partial charge in [0.05, 0.1) is 23.7 Å². The summed E-state index contributed by atoms with van der Waals surface area (Å²) in [7, 11) is 2.97. The third-order valence-corrected chi connectivity index (χ3v) is 4.78. The highest BCUT2D eigenvalue weighted by atomic mass is 16.2. The lowest BCUT2D eigenvalue weighted by molar-refractivity contribution is -0.115. The van der Waals surface area contributed by atoms with Gasteiger partial charge in [-0.15, -0.1) is 0 Å². The van der Waals surface area contributed by atoms with Gasteiger partial charge in [-0.1, -0.05) is 37.6 Å². The minimum atomic E-state index is -0.441. The number of hydrogen-bond donors (Lipinski definition) is 1. The first kappa shape index (κ1) is 19.5. The van der Waals surface area contributed by atoms with Crippen molar-refractivity contribution >= 4 is 22.6 Å². The Hall–Kier alpha value is -3.22. The number of fused-ring (bicyclic) bond motifs is 1. The number of aryl methyl sites for hydroxylation is 2. The number of carbonyl (C=O) groups excluding carboxylic acids is 1. The Morgan fingerprint density at radius 3 is 2.43 bits per heavy atom. The van der Waals surface area contributed by atoms with E-state index < -0.39 is 11.2 Å². The van der Waals surface area contributed by atoms with Crippen LogP contribution in [0.25, 0.3) is 11.0 Å². The number of anilines is 1. The van der Waals surface area contributed by atoms with E-state index in [1.54, 1.807) is 13.1 Å². The number of pyridine rings is 1. The maximum atomic E-state index is 12.4. The Morgan fingerprint density at radius 1 is 1.07 bits per heavy atom. The highest BCUT2D eigenvalue weighted by Gasteiger charge is 2.11. The quantitative estimate of drug-likeness (QED) is 0.710. The summed E-state index contributed by atoms with van der Waals surface area (Å²) >= 11 is 0. The lowest BCUT2D eigenvalue weighted by Gasteiger charge is -2.09. The molecule has 0 fully saturated rings. The summed E-state index contributed by atoms with van der Waals surface area (Å²) < 4.78 is 2.33. The molecule has 0 radical (unpaired) electrons. The zero-order valence-electron chi connectivity index (χ0n) is 16.4. The van der Waals surface area contributed by atoms with Crippen molar-refractivity contribution in [2.24, 2.45) is 14.1 Å². The Kier molecular flexibility index (Phi) is 5.73. The van der Waals surface area contributed by atoms with Crippen LogP contribution in [0.5, 0.6) is 0 Å². The van der Waals surface area contributed by atoms with Crippen LogP contribution in [0.2, 0.25) is 0 Å². The number of carbonyl (C=O) groups is 1. The SMILES string of the molecule is CCCCc1ccc(CC(=O)Nc2cnc3c(c2)c(=O)n(C)c(=O)n3C)cc1. The molecule has 146 valence electrons. The first-order valence-electron chi connectivity index (χ1n) is 9.34. The normalized spacial score (nSPS) is 11.0. The van der Waals surface area contributed by atoms with Gasteiger partial charge in [-0.3, -0.25) is 18.7 Å². The fourth-order valence-corrected chi connectivity index (χ4v) is 3.13. The molecule has 1 N–H and O–H groups in total.